The van der Waals surface area contributed by atoms with E-state index in [4.69, 9.17) is 16.3 Å². The number of aryl methyl sites for hydroxylation is 1. The van der Waals surface area contributed by atoms with Crippen LogP contribution >= 0.6 is 11.6 Å². The van der Waals surface area contributed by atoms with E-state index in [1.165, 1.54) is 0 Å². The summed E-state index contributed by atoms with van der Waals surface area (Å²) in [4.78, 5) is 0. The fourth-order valence-electron chi connectivity index (χ4n) is 2.17. The molecular weight excluding hydrogens is 274 g/mol. The van der Waals surface area contributed by atoms with Crippen LogP contribution in [-0.2, 0) is 0 Å². The van der Waals surface area contributed by atoms with Crippen LogP contribution < -0.4 is 10.1 Å². The van der Waals surface area contributed by atoms with Crippen LogP contribution in [0.3, 0.4) is 0 Å². The zero-order chi connectivity index (χ0) is 14.5. The van der Waals surface area contributed by atoms with Crippen molar-refractivity contribution in [3.63, 3.8) is 0 Å². The van der Waals surface area contributed by atoms with Crippen molar-refractivity contribution in [2.75, 3.05) is 19.0 Å². The minimum atomic E-state index is -0.181. The predicted molar refractivity (Wildman–Crippen MR) is 82.6 cm³/mol. The molecule has 20 heavy (non-hydrogen) atoms. The van der Waals surface area contributed by atoms with E-state index in [2.05, 4.69) is 5.32 Å². The molecule has 0 bridgehead atoms. The van der Waals surface area contributed by atoms with Crippen molar-refractivity contribution in [3.05, 3.63) is 58.6 Å². The van der Waals surface area contributed by atoms with Crippen molar-refractivity contribution in [1.29, 1.82) is 0 Å². The summed E-state index contributed by atoms with van der Waals surface area (Å²) in [6.45, 7) is 1.98. The Labute approximate surface area is 124 Å². The Morgan fingerprint density at radius 3 is 2.70 bits per heavy atom. The van der Waals surface area contributed by atoms with Crippen LogP contribution in [0.1, 0.15) is 17.2 Å². The summed E-state index contributed by atoms with van der Waals surface area (Å²) in [5.74, 6) is 0.777. The summed E-state index contributed by atoms with van der Waals surface area (Å²) >= 11 is 5.97. The van der Waals surface area contributed by atoms with Gasteiger partial charge in [-0.3, -0.25) is 0 Å². The van der Waals surface area contributed by atoms with Crippen LogP contribution in [0.15, 0.2) is 42.5 Å². The summed E-state index contributed by atoms with van der Waals surface area (Å²) in [6.07, 6.45) is 0. The fourth-order valence-corrected chi connectivity index (χ4v) is 2.39. The minimum Gasteiger partial charge on any atom is -0.497 e. The van der Waals surface area contributed by atoms with Gasteiger partial charge in [0.25, 0.3) is 0 Å². The summed E-state index contributed by atoms with van der Waals surface area (Å²) in [5.41, 5.74) is 2.98. The highest BCUT2D eigenvalue weighted by Crippen LogP contribution is 2.26. The molecule has 0 fully saturated rings. The number of nitrogens with one attached hydrogen (secondary N) is 1. The number of aliphatic hydroxyl groups is 1. The molecule has 1 atom stereocenters. The predicted octanol–water partition coefficient (Wildman–Crippen LogP) is 3.80. The normalized spacial score (nSPS) is 12.0. The van der Waals surface area contributed by atoms with Gasteiger partial charge in [-0.15, -0.1) is 0 Å². The largest absolute Gasteiger partial charge is 0.497 e. The van der Waals surface area contributed by atoms with Gasteiger partial charge in [0, 0.05) is 16.8 Å². The summed E-state index contributed by atoms with van der Waals surface area (Å²) in [7, 11) is 1.63. The van der Waals surface area contributed by atoms with Crippen LogP contribution in [0.25, 0.3) is 0 Å². The molecule has 2 N–H and O–H groups in total. The molecule has 0 radical (unpaired) electrons. The number of benzene rings is 2. The highest BCUT2D eigenvalue weighted by Gasteiger charge is 2.13. The number of hydrogen-bond donors (Lipinski definition) is 2. The van der Waals surface area contributed by atoms with E-state index >= 15 is 0 Å². The lowest BCUT2D eigenvalue weighted by molar-refractivity contribution is 0.276. The van der Waals surface area contributed by atoms with Crippen molar-refractivity contribution in [2.45, 2.75) is 13.0 Å². The molecule has 2 aromatic carbocycles. The van der Waals surface area contributed by atoms with Gasteiger partial charge in [0.1, 0.15) is 5.75 Å². The number of halogens is 1. The van der Waals surface area contributed by atoms with Crippen LogP contribution in [0.4, 0.5) is 5.69 Å². The fraction of sp³-hybridized carbons (Fsp3) is 0.250. The molecule has 1 unspecified atom stereocenters. The Balaban J connectivity index is 2.23. The Morgan fingerprint density at radius 2 is 2.05 bits per heavy atom. The average molecular weight is 292 g/mol. The number of aliphatic hydroxyl groups excluding tert-OH is 1. The van der Waals surface area contributed by atoms with Crippen LogP contribution in [0.5, 0.6) is 5.75 Å². The van der Waals surface area contributed by atoms with E-state index in [1.807, 2.05) is 49.4 Å². The molecule has 0 saturated heterocycles. The lowest BCUT2D eigenvalue weighted by Gasteiger charge is -2.20. The van der Waals surface area contributed by atoms with E-state index in [-0.39, 0.29) is 12.6 Å². The first-order valence-corrected chi connectivity index (χ1v) is 6.79. The van der Waals surface area contributed by atoms with E-state index in [1.54, 1.807) is 7.11 Å². The first kappa shape index (κ1) is 14.7. The van der Waals surface area contributed by atoms with Crippen molar-refractivity contribution >= 4 is 17.3 Å². The first-order valence-electron chi connectivity index (χ1n) is 6.41. The maximum atomic E-state index is 9.63. The smallest absolute Gasteiger partial charge is 0.120 e. The zero-order valence-electron chi connectivity index (χ0n) is 11.6. The van der Waals surface area contributed by atoms with Crippen LogP contribution in [-0.4, -0.2) is 18.8 Å². The third-order valence-electron chi connectivity index (χ3n) is 3.20. The summed E-state index contributed by atoms with van der Waals surface area (Å²) in [5, 5.41) is 13.6. The van der Waals surface area contributed by atoms with E-state index in [0.29, 0.717) is 5.02 Å². The molecule has 2 rings (SSSR count). The van der Waals surface area contributed by atoms with Gasteiger partial charge in [-0.2, -0.15) is 0 Å². The molecule has 0 amide bonds. The first-order chi connectivity index (χ1) is 9.63. The van der Waals surface area contributed by atoms with Gasteiger partial charge < -0.3 is 15.2 Å². The standard InChI is InChI=1S/C16H18ClNO2/c1-11-8-12(17)6-7-15(11)16(10-19)18-13-4-3-5-14(9-13)20-2/h3-9,16,18-19H,10H2,1-2H3. The molecule has 0 spiro atoms. The Kier molecular flexibility index (Phi) is 4.88. The Bertz CT molecular complexity index is 586. The molecule has 0 aliphatic carbocycles. The lowest BCUT2D eigenvalue weighted by Crippen LogP contribution is -2.16. The van der Waals surface area contributed by atoms with Crippen molar-refractivity contribution in [1.82, 2.24) is 0 Å². The van der Waals surface area contributed by atoms with Gasteiger partial charge in [0.2, 0.25) is 0 Å². The van der Waals surface area contributed by atoms with Crippen molar-refractivity contribution in [2.24, 2.45) is 0 Å². The molecule has 0 aromatic heterocycles. The molecule has 3 nitrogen and oxygen atoms in total. The Hall–Kier alpha value is -1.71. The highest BCUT2D eigenvalue weighted by atomic mass is 35.5. The number of hydrogen-bond acceptors (Lipinski definition) is 3. The second-order valence-corrected chi connectivity index (χ2v) is 5.05. The molecule has 0 heterocycles. The second-order valence-electron chi connectivity index (χ2n) is 4.61. The monoisotopic (exact) mass is 291 g/mol. The second kappa shape index (κ2) is 6.64. The van der Waals surface area contributed by atoms with E-state index in [9.17, 15) is 5.11 Å². The SMILES string of the molecule is COc1cccc(NC(CO)c2ccc(Cl)cc2C)c1. The van der Waals surface area contributed by atoms with Gasteiger partial charge >= 0.3 is 0 Å². The number of anilines is 1. The molecule has 2 aromatic rings. The number of methoxy groups -OCH3 is 1. The molecular formula is C16H18ClNO2. The van der Waals surface area contributed by atoms with Gasteiger partial charge in [0.05, 0.1) is 19.8 Å². The van der Waals surface area contributed by atoms with Crippen LogP contribution in [0, 0.1) is 6.92 Å². The number of ether oxygens (including phenoxy) is 1. The molecule has 106 valence electrons. The lowest BCUT2D eigenvalue weighted by atomic mass is 10.0. The maximum Gasteiger partial charge on any atom is 0.120 e. The topological polar surface area (TPSA) is 41.5 Å². The minimum absolute atomic E-state index is 0.000315. The molecule has 0 saturated carbocycles. The third-order valence-corrected chi connectivity index (χ3v) is 3.44. The van der Waals surface area contributed by atoms with Gasteiger partial charge in [-0.1, -0.05) is 23.7 Å². The van der Waals surface area contributed by atoms with Gasteiger partial charge in [-0.05, 0) is 42.3 Å². The number of rotatable bonds is 5. The van der Waals surface area contributed by atoms with Crippen molar-refractivity contribution in [3.8, 4) is 5.75 Å². The van der Waals surface area contributed by atoms with E-state index < -0.39 is 0 Å². The van der Waals surface area contributed by atoms with Crippen LogP contribution in [0.2, 0.25) is 5.02 Å². The summed E-state index contributed by atoms with van der Waals surface area (Å²) in [6, 6.07) is 13.1. The third kappa shape index (κ3) is 3.44. The van der Waals surface area contributed by atoms with Crippen molar-refractivity contribution < 1.29 is 9.84 Å². The quantitative estimate of drug-likeness (QED) is 0.880. The Morgan fingerprint density at radius 1 is 1.25 bits per heavy atom. The molecule has 4 heteroatoms. The zero-order valence-corrected chi connectivity index (χ0v) is 12.3. The van der Waals surface area contributed by atoms with E-state index in [0.717, 1.165) is 22.6 Å². The molecule has 0 aliphatic heterocycles. The van der Waals surface area contributed by atoms with Gasteiger partial charge in [-0.25, -0.2) is 0 Å². The summed E-state index contributed by atoms with van der Waals surface area (Å²) < 4.78 is 5.20. The maximum absolute atomic E-state index is 9.63. The highest BCUT2D eigenvalue weighted by molar-refractivity contribution is 6.30. The molecule has 0 aliphatic rings. The average Bonchev–Trinajstić information content (AvgIpc) is 2.45. The van der Waals surface area contributed by atoms with Gasteiger partial charge in [0.15, 0.2) is 0 Å².